The van der Waals surface area contributed by atoms with E-state index < -0.39 is 5.60 Å². The zero-order chi connectivity index (χ0) is 28.6. The molecule has 41 heavy (non-hydrogen) atoms. The lowest BCUT2D eigenvalue weighted by atomic mass is 9.82. The van der Waals surface area contributed by atoms with E-state index in [1.54, 1.807) is 24.0 Å². The van der Waals surface area contributed by atoms with Gasteiger partial charge in [-0.1, -0.05) is 36.4 Å². The number of nitrogens with one attached hydrogen (secondary N) is 1. The van der Waals surface area contributed by atoms with Crippen molar-refractivity contribution in [3.63, 3.8) is 0 Å². The van der Waals surface area contributed by atoms with Crippen LogP contribution in [0.4, 0.5) is 0 Å². The first-order valence-electron chi connectivity index (χ1n) is 13.7. The molecule has 0 aliphatic carbocycles. The van der Waals surface area contributed by atoms with Crippen LogP contribution in [-0.4, -0.2) is 57.9 Å². The number of likely N-dealkylation sites (tertiary alicyclic amines) is 1. The molecule has 0 bridgehead atoms. The Kier molecular flexibility index (Phi) is 6.78. The Bertz CT molecular complexity index is 1650. The number of nitrogens with two attached hydrogens (primary N) is 1. The molecule has 2 aliphatic heterocycles. The number of aromatic nitrogens is 2. The van der Waals surface area contributed by atoms with Gasteiger partial charge in [-0.05, 0) is 47.0 Å². The number of ether oxygens (including phenoxy) is 1. The highest BCUT2D eigenvalue weighted by atomic mass is 16.5. The van der Waals surface area contributed by atoms with Crippen LogP contribution in [0.15, 0.2) is 84.2 Å². The molecule has 1 fully saturated rings. The summed E-state index contributed by atoms with van der Waals surface area (Å²) in [5.41, 5.74) is 13.9. The average Bonchev–Trinajstić information content (AvgIpc) is 3.43. The van der Waals surface area contributed by atoms with Crippen molar-refractivity contribution in [2.45, 2.75) is 24.9 Å². The number of carbonyl (C=O) groups is 2. The Hall–Kier alpha value is -4.92. The molecule has 6 rings (SSSR count). The van der Waals surface area contributed by atoms with Gasteiger partial charge in [0.25, 0.3) is 5.91 Å². The van der Waals surface area contributed by atoms with E-state index in [1.165, 1.54) is 0 Å². The van der Waals surface area contributed by atoms with E-state index in [0.717, 1.165) is 22.3 Å². The summed E-state index contributed by atoms with van der Waals surface area (Å²) in [5, 5.41) is 8.35. The zero-order valence-electron chi connectivity index (χ0n) is 23.1. The number of nitrogens with zero attached hydrogens (tertiary/aromatic N) is 4. The van der Waals surface area contributed by atoms with Gasteiger partial charge >= 0.3 is 0 Å². The summed E-state index contributed by atoms with van der Waals surface area (Å²) >= 11 is 0. The van der Waals surface area contributed by atoms with Crippen molar-refractivity contribution in [2.24, 2.45) is 17.9 Å². The van der Waals surface area contributed by atoms with Crippen molar-refractivity contribution in [2.75, 3.05) is 20.1 Å². The molecule has 0 radical (unpaired) electrons. The van der Waals surface area contributed by atoms with Gasteiger partial charge in [0.1, 0.15) is 11.4 Å². The smallest absolute Gasteiger partial charge is 0.253 e. The SMILES string of the molecule is CN/N=C(\N)c1cc(C(=O)N2CCC3(CC2)CC(=O)c2cc(-c4cnn(C)c4)ccc2O3)cc(-c2ccccc2)c1. The maximum Gasteiger partial charge on any atom is 0.253 e. The molecule has 1 spiro atoms. The maximum absolute atomic E-state index is 13.7. The van der Waals surface area contributed by atoms with Gasteiger partial charge in [-0.2, -0.15) is 10.2 Å². The molecule has 208 valence electrons. The van der Waals surface area contributed by atoms with E-state index in [4.69, 9.17) is 10.5 Å². The van der Waals surface area contributed by atoms with Gasteiger partial charge in [0.05, 0.1) is 18.2 Å². The van der Waals surface area contributed by atoms with Gasteiger partial charge in [-0.15, -0.1) is 0 Å². The fourth-order valence-electron chi connectivity index (χ4n) is 5.70. The second-order valence-corrected chi connectivity index (χ2v) is 10.7. The summed E-state index contributed by atoms with van der Waals surface area (Å²) in [5.74, 6) is 0.889. The molecule has 2 aliphatic rings. The van der Waals surface area contributed by atoms with Crippen molar-refractivity contribution >= 4 is 17.5 Å². The molecule has 1 amide bonds. The van der Waals surface area contributed by atoms with E-state index >= 15 is 0 Å². The summed E-state index contributed by atoms with van der Waals surface area (Å²) in [4.78, 5) is 28.9. The first-order valence-corrected chi connectivity index (χ1v) is 13.7. The lowest BCUT2D eigenvalue weighted by molar-refractivity contribution is -0.00569. The molecular weight excluding hydrogens is 516 g/mol. The Morgan fingerprint density at radius 2 is 1.73 bits per heavy atom. The maximum atomic E-state index is 13.7. The second-order valence-electron chi connectivity index (χ2n) is 10.7. The van der Waals surface area contributed by atoms with Crippen LogP contribution < -0.4 is 15.9 Å². The second kappa shape index (κ2) is 10.6. The number of benzene rings is 3. The van der Waals surface area contributed by atoms with E-state index in [9.17, 15) is 9.59 Å². The van der Waals surface area contributed by atoms with Crippen LogP contribution in [0.25, 0.3) is 22.3 Å². The quantitative estimate of drug-likeness (QED) is 0.219. The summed E-state index contributed by atoms with van der Waals surface area (Å²) in [6, 6.07) is 21.2. The summed E-state index contributed by atoms with van der Waals surface area (Å²) < 4.78 is 8.23. The number of hydrogen-bond donors (Lipinski definition) is 2. The van der Waals surface area contributed by atoms with E-state index in [-0.39, 0.29) is 11.7 Å². The zero-order valence-corrected chi connectivity index (χ0v) is 23.1. The summed E-state index contributed by atoms with van der Waals surface area (Å²) in [7, 11) is 3.54. The third-order valence-corrected chi connectivity index (χ3v) is 7.90. The third kappa shape index (κ3) is 5.18. The number of amides is 1. The molecular formula is C32H32N6O3. The number of aryl methyl sites for hydroxylation is 1. The monoisotopic (exact) mass is 548 g/mol. The minimum atomic E-state index is -0.613. The van der Waals surface area contributed by atoms with E-state index in [2.05, 4.69) is 15.6 Å². The molecule has 0 saturated carbocycles. The van der Waals surface area contributed by atoms with Crippen molar-refractivity contribution in [3.8, 4) is 28.0 Å². The summed E-state index contributed by atoms with van der Waals surface area (Å²) in [6.45, 7) is 0.973. The highest BCUT2D eigenvalue weighted by Gasteiger charge is 2.44. The molecule has 3 N–H and O–H groups in total. The number of ketones is 1. The van der Waals surface area contributed by atoms with Crippen LogP contribution in [0.3, 0.4) is 0 Å². The molecule has 3 aromatic carbocycles. The molecule has 3 heterocycles. The first kappa shape index (κ1) is 26.3. The van der Waals surface area contributed by atoms with Crippen molar-refractivity contribution in [1.82, 2.24) is 20.1 Å². The highest BCUT2D eigenvalue weighted by molar-refractivity contribution is 6.03. The fraction of sp³-hybridized carbons (Fsp3) is 0.250. The predicted octanol–water partition coefficient (Wildman–Crippen LogP) is 4.23. The number of fused-ring (bicyclic) bond motifs is 1. The Morgan fingerprint density at radius 1 is 0.976 bits per heavy atom. The van der Waals surface area contributed by atoms with Crippen LogP contribution in [0.1, 0.15) is 45.5 Å². The van der Waals surface area contributed by atoms with Crippen molar-refractivity contribution in [3.05, 3.63) is 95.8 Å². The van der Waals surface area contributed by atoms with E-state index in [1.807, 2.05) is 78.8 Å². The molecule has 4 aromatic rings. The Morgan fingerprint density at radius 3 is 2.44 bits per heavy atom. The number of amidine groups is 1. The number of hydrazone groups is 1. The van der Waals surface area contributed by atoms with Crippen LogP contribution in [0, 0.1) is 0 Å². The summed E-state index contributed by atoms with van der Waals surface area (Å²) in [6.07, 6.45) is 5.14. The standard InChI is InChI=1S/C32H32N6O3/c1-34-36-30(33)24-14-23(21-6-4-3-5-7-21)15-25(16-24)31(40)38-12-10-32(11-13-38)18-28(39)27-17-22(8-9-29(27)41-32)26-19-35-37(2)20-26/h3-9,14-17,19-20,34H,10-13,18H2,1-2H3,(H2,33,36). The lowest BCUT2D eigenvalue weighted by Crippen LogP contribution is -2.52. The molecule has 0 unspecified atom stereocenters. The number of rotatable bonds is 5. The van der Waals surface area contributed by atoms with Gasteiger partial charge in [0.15, 0.2) is 11.6 Å². The predicted molar refractivity (Wildman–Crippen MR) is 158 cm³/mol. The normalized spacial score (nSPS) is 16.3. The topological polar surface area (TPSA) is 115 Å². The largest absolute Gasteiger partial charge is 0.486 e. The number of carbonyl (C=O) groups excluding carboxylic acids is 2. The first-order chi connectivity index (χ1) is 19.8. The molecule has 1 saturated heterocycles. The highest BCUT2D eigenvalue weighted by Crippen LogP contribution is 2.41. The van der Waals surface area contributed by atoms with Gasteiger partial charge in [0.2, 0.25) is 0 Å². The number of piperidine rings is 1. The van der Waals surface area contributed by atoms with Crippen LogP contribution in [-0.2, 0) is 7.05 Å². The number of hydrogen-bond acceptors (Lipinski definition) is 6. The molecule has 9 heteroatoms. The fourth-order valence-corrected chi connectivity index (χ4v) is 5.70. The minimum absolute atomic E-state index is 0.0660. The van der Waals surface area contributed by atoms with Crippen molar-refractivity contribution < 1.29 is 14.3 Å². The molecule has 1 aromatic heterocycles. The van der Waals surface area contributed by atoms with Crippen LogP contribution in [0.2, 0.25) is 0 Å². The van der Waals surface area contributed by atoms with E-state index in [0.29, 0.717) is 60.6 Å². The van der Waals surface area contributed by atoms with Crippen molar-refractivity contribution in [1.29, 1.82) is 0 Å². The number of Topliss-reactive ketones (excluding diaryl/α,β-unsaturated/α-hetero) is 1. The van der Waals surface area contributed by atoms with Gasteiger partial charge in [-0.25, -0.2) is 0 Å². The van der Waals surface area contributed by atoms with Gasteiger partial charge < -0.3 is 20.8 Å². The van der Waals surface area contributed by atoms with Crippen LogP contribution >= 0.6 is 0 Å². The Labute approximate surface area is 238 Å². The lowest BCUT2D eigenvalue weighted by Gasteiger charge is -2.44. The molecule has 0 atom stereocenters. The average molecular weight is 549 g/mol. The van der Waals surface area contributed by atoms with Gasteiger partial charge in [-0.3, -0.25) is 14.3 Å². The van der Waals surface area contributed by atoms with Crippen LogP contribution in [0.5, 0.6) is 5.75 Å². The minimum Gasteiger partial charge on any atom is -0.486 e. The Balaban J connectivity index is 1.21. The molecule has 9 nitrogen and oxygen atoms in total. The third-order valence-electron chi connectivity index (χ3n) is 7.90. The van der Waals surface area contributed by atoms with Gasteiger partial charge in [0, 0.05) is 62.9 Å².